The normalized spacial score (nSPS) is 15.9. The molecular weight excluding hydrogens is 518 g/mol. The van der Waals surface area contributed by atoms with Crippen LogP contribution in [0.3, 0.4) is 0 Å². The van der Waals surface area contributed by atoms with Gasteiger partial charge in [0.2, 0.25) is 11.6 Å². The molecule has 2 heterocycles. The molecule has 0 bridgehead atoms. The maximum atomic E-state index is 9.24. The number of allylic oxidation sites excluding steroid dienone is 2. The van der Waals surface area contributed by atoms with E-state index in [9.17, 15) is 10.5 Å². The first-order valence-electron chi connectivity index (χ1n) is 7.35. The number of benzene rings is 1. The molecule has 27 heavy (non-hydrogen) atoms. The first-order chi connectivity index (χ1) is 12.5. The fraction of sp³-hybridized carbons (Fsp3) is 0.111. The molecule has 2 aliphatic rings. The Morgan fingerprint density at radius 1 is 0.926 bits per heavy atom. The molecule has 0 saturated carbocycles. The second kappa shape index (κ2) is 7.80. The maximum absolute atomic E-state index is 9.24. The van der Waals surface area contributed by atoms with Crippen LogP contribution < -0.4 is 9.80 Å². The molecule has 1 aromatic rings. The van der Waals surface area contributed by atoms with Crippen LogP contribution in [-0.4, -0.2) is 23.9 Å². The summed E-state index contributed by atoms with van der Waals surface area (Å²) in [6.07, 6.45) is 0. The molecule has 3 rings (SSSR count). The molecule has 0 spiro atoms. The van der Waals surface area contributed by atoms with Crippen LogP contribution in [0.5, 0.6) is 0 Å². The van der Waals surface area contributed by atoms with Crippen molar-refractivity contribution in [3.8, 4) is 12.1 Å². The topological polar surface area (TPSA) is 69.3 Å². The van der Waals surface area contributed by atoms with Gasteiger partial charge < -0.3 is 29.3 Å². The van der Waals surface area contributed by atoms with E-state index in [1.807, 2.05) is 12.1 Å². The first kappa shape index (κ1) is 19.8. The molecule has 8 nitrogen and oxygen atoms in total. The predicted molar refractivity (Wildman–Crippen MR) is 92.8 cm³/mol. The van der Waals surface area contributed by atoms with Gasteiger partial charge in [-0.2, -0.15) is 16.6 Å². The van der Waals surface area contributed by atoms with Crippen molar-refractivity contribution in [1.82, 2.24) is 9.80 Å². The van der Waals surface area contributed by atoms with E-state index >= 15 is 0 Å². The van der Waals surface area contributed by atoms with Gasteiger partial charge >= 0.3 is 0 Å². The first-order valence-corrected chi connectivity index (χ1v) is 7.35. The predicted octanol–water partition coefficient (Wildman–Crippen LogP) is 2.45. The van der Waals surface area contributed by atoms with Gasteiger partial charge in [-0.15, -0.1) is 12.1 Å². The summed E-state index contributed by atoms with van der Waals surface area (Å²) in [6, 6.07) is 12.5. The van der Waals surface area contributed by atoms with Crippen LogP contribution in [0.1, 0.15) is 0 Å². The van der Waals surface area contributed by atoms with E-state index in [0.29, 0.717) is 11.4 Å². The van der Waals surface area contributed by atoms with Gasteiger partial charge in [-0.1, -0.05) is 32.5 Å². The van der Waals surface area contributed by atoms with E-state index < -0.39 is 0 Å². The minimum Gasteiger partial charge on any atom is -0.485 e. The third kappa shape index (κ3) is 3.18. The summed E-state index contributed by atoms with van der Waals surface area (Å²) in [4.78, 5) is 13.2. The van der Waals surface area contributed by atoms with Crippen molar-refractivity contribution in [1.29, 1.82) is 10.5 Å². The summed E-state index contributed by atoms with van der Waals surface area (Å²) in [5.74, 6) is 0.370. The fourth-order valence-electron chi connectivity index (χ4n) is 2.66. The van der Waals surface area contributed by atoms with E-state index in [1.165, 1.54) is 0 Å². The molecule has 0 amide bonds. The number of nitrogens with zero attached hydrogens (tertiary/aromatic N) is 8. The Labute approximate surface area is 171 Å². The number of hydrogen-bond acceptors (Lipinski definition) is 6. The Morgan fingerprint density at radius 3 is 1.67 bits per heavy atom. The molecular formula is C18H11N8Os-3. The van der Waals surface area contributed by atoms with Crippen molar-refractivity contribution in [2.75, 3.05) is 23.9 Å². The number of rotatable bonds is 2. The van der Waals surface area contributed by atoms with Crippen molar-refractivity contribution in [2.45, 2.75) is 0 Å². The SMILES string of the molecule is [C-]#[N+]C1=C(C#N)N(C)[CH-]N1c1[c-]c(N2[CH-]N(C)C(C#N)=C2[N+]#[C-])ccc1.[Os]. The Balaban J connectivity index is 0.00000261. The van der Waals surface area contributed by atoms with Crippen LogP contribution in [-0.2, 0) is 19.8 Å². The van der Waals surface area contributed by atoms with Crippen molar-refractivity contribution in [3.05, 3.63) is 83.5 Å². The van der Waals surface area contributed by atoms with Crippen LogP contribution in [0.25, 0.3) is 9.69 Å². The number of anilines is 2. The zero-order chi connectivity index (χ0) is 18.8. The van der Waals surface area contributed by atoms with E-state index in [4.69, 9.17) is 13.1 Å². The van der Waals surface area contributed by atoms with E-state index in [-0.39, 0.29) is 42.8 Å². The summed E-state index contributed by atoms with van der Waals surface area (Å²) >= 11 is 0. The number of hydrogen-bond donors (Lipinski definition) is 0. The van der Waals surface area contributed by atoms with E-state index in [2.05, 4.69) is 15.8 Å². The molecule has 0 fully saturated rings. The summed E-state index contributed by atoms with van der Waals surface area (Å²) in [5, 5.41) is 18.5. The van der Waals surface area contributed by atoms with Crippen LogP contribution in [0, 0.1) is 55.2 Å². The Bertz CT molecular complexity index is 921. The van der Waals surface area contributed by atoms with Gasteiger partial charge in [0.25, 0.3) is 0 Å². The van der Waals surface area contributed by atoms with Crippen LogP contribution in [0.4, 0.5) is 11.4 Å². The third-order valence-electron chi connectivity index (χ3n) is 3.87. The van der Waals surface area contributed by atoms with Gasteiger partial charge in [-0.05, 0) is 25.5 Å². The minimum absolute atomic E-state index is 0. The molecule has 0 radical (unpaired) electrons. The van der Waals surface area contributed by atoms with Gasteiger partial charge in [-0.3, -0.25) is 0 Å². The molecule has 9 heteroatoms. The molecule has 0 aliphatic carbocycles. The Kier molecular flexibility index (Phi) is 5.73. The molecule has 0 unspecified atom stereocenters. The largest absolute Gasteiger partial charge is 0.485 e. The summed E-state index contributed by atoms with van der Waals surface area (Å²) in [6.45, 7) is 18.0. The Hall–Kier alpha value is -3.50. The zero-order valence-electron chi connectivity index (χ0n) is 14.3. The average Bonchev–Trinajstić information content (AvgIpc) is 3.17. The quantitative estimate of drug-likeness (QED) is 0.549. The smallest absolute Gasteiger partial charge is 0.232 e. The molecule has 0 N–H and O–H groups in total. The van der Waals surface area contributed by atoms with Gasteiger partial charge in [0, 0.05) is 19.8 Å². The van der Waals surface area contributed by atoms with E-state index in [1.54, 1.807) is 65.2 Å². The number of nitriles is 2. The van der Waals surface area contributed by atoms with Gasteiger partial charge in [0.05, 0.1) is 0 Å². The minimum atomic E-state index is 0. The van der Waals surface area contributed by atoms with Gasteiger partial charge in [0.15, 0.2) is 0 Å². The van der Waals surface area contributed by atoms with Crippen molar-refractivity contribution < 1.29 is 19.8 Å². The summed E-state index contributed by atoms with van der Waals surface area (Å²) < 4.78 is 0. The summed E-state index contributed by atoms with van der Waals surface area (Å²) in [5.41, 5.74) is 1.60. The molecule has 1 aromatic carbocycles. The van der Waals surface area contributed by atoms with Gasteiger partial charge in [0.1, 0.15) is 23.5 Å². The molecule has 134 valence electrons. The standard InChI is InChI=1S/C18H11N8.Os/c1-21-17-15(9-19)23(3)11-25(17)13-6-5-7-14(8-13)26-12-24(4)16(10-20)18(26)22-2;/h5-7,11-12H,3-4H3;/q-3;. The van der Waals surface area contributed by atoms with Crippen molar-refractivity contribution >= 4 is 11.4 Å². The third-order valence-corrected chi connectivity index (χ3v) is 3.87. The van der Waals surface area contributed by atoms with Crippen molar-refractivity contribution in [3.63, 3.8) is 0 Å². The average molecular weight is 530 g/mol. The molecule has 0 aromatic heterocycles. The second-order valence-electron chi connectivity index (χ2n) is 5.41. The Morgan fingerprint density at radius 2 is 1.33 bits per heavy atom. The van der Waals surface area contributed by atoms with Crippen LogP contribution in [0.2, 0.25) is 0 Å². The van der Waals surface area contributed by atoms with Crippen LogP contribution in [0.15, 0.2) is 41.2 Å². The zero-order valence-corrected chi connectivity index (χ0v) is 16.9. The molecule has 0 atom stereocenters. The monoisotopic (exact) mass is 531 g/mol. The second-order valence-corrected chi connectivity index (χ2v) is 5.41. The maximum Gasteiger partial charge on any atom is 0.232 e. The molecule has 0 saturated heterocycles. The summed E-state index contributed by atoms with van der Waals surface area (Å²) in [7, 11) is 3.38. The van der Waals surface area contributed by atoms with Crippen LogP contribution >= 0.6 is 0 Å². The van der Waals surface area contributed by atoms with E-state index in [0.717, 1.165) is 0 Å². The molecule has 2 aliphatic heterocycles. The fourth-order valence-corrected chi connectivity index (χ4v) is 2.66. The van der Waals surface area contributed by atoms with Crippen molar-refractivity contribution in [2.24, 2.45) is 0 Å². The van der Waals surface area contributed by atoms with Gasteiger partial charge in [-0.25, -0.2) is 0 Å².